The highest BCUT2D eigenvalue weighted by atomic mass is 15.2. The van der Waals surface area contributed by atoms with Gasteiger partial charge in [0.05, 0.1) is 28.7 Å². The smallest absolute Gasteiger partial charge is 0.100 e. The zero-order chi connectivity index (χ0) is 38.3. The molecule has 6 aromatic carbocycles. The van der Waals surface area contributed by atoms with Crippen LogP contribution in [0.2, 0.25) is 0 Å². The lowest BCUT2D eigenvalue weighted by atomic mass is 9.81. The van der Waals surface area contributed by atoms with Crippen LogP contribution >= 0.6 is 0 Å². The highest BCUT2D eigenvalue weighted by Crippen LogP contribution is 2.50. The first kappa shape index (κ1) is 33.5. The quantitative estimate of drug-likeness (QED) is 0.134. The van der Waals surface area contributed by atoms with Gasteiger partial charge < -0.3 is 9.47 Å². The van der Waals surface area contributed by atoms with Crippen LogP contribution in [0.15, 0.2) is 163 Å². The molecule has 4 nitrogen and oxygen atoms in total. The Kier molecular flexibility index (Phi) is 7.59. The van der Waals surface area contributed by atoms with Gasteiger partial charge >= 0.3 is 0 Å². The summed E-state index contributed by atoms with van der Waals surface area (Å²) in [7, 11) is 0. The second-order valence-electron chi connectivity index (χ2n) is 16.2. The number of aromatic nitrogens is 1. The molecule has 1 aliphatic heterocycles. The summed E-state index contributed by atoms with van der Waals surface area (Å²) in [6.07, 6.45) is 16.3. The maximum absolute atomic E-state index is 9.46. The molecule has 1 N–H and O–H groups in total. The number of nitrogens with zero attached hydrogens (tertiary/aromatic N) is 3. The van der Waals surface area contributed by atoms with Crippen LogP contribution in [-0.2, 0) is 11.8 Å². The molecule has 1 unspecified atom stereocenters. The Morgan fingerprint density at radius 3 is 2.46 bits per heavy atom. The van der Waals surface area contributed by atoms with E-state index in [-0.39, 0.29) is 5.41 Å². The Hall–Kier alpha value is -6.78. The lowest BCUT2D eigenvalue weighted by molar-refractivity contribution is 0.660. The minimum absolute atomic E-state index is 0.125. The normalized spacial score (nSPS) is 17.0. The number of hydrogen-bond donors (Lipinski definition) is 1. The molecule has 11 rings (SSSR count). The first-order chi connectivity index (χ1) is 28.0. The molecule has 57 heavy (non-hydrogen) atoms. The van der Waals surface area contributed by atoms with Crippen LogP contribution in [-0.4, -0.2) is 22.7 Å². The SMILES string of the molecule is CC1(C)c2ccccc2-c2ccc(C(=N)c3ccccc3/N=C/n3c4c(c5cc(-c6ccc7c(c6)C6=CC=CCC6N7c6ccccc6)ccc53)CCC=C4)cc21. The molecule has 0 spiro atoms. The van der Waals surface area contributed by atoms with Crippen LogP contribution in [0.1, 0.15) is 65.8 Å². The molecule has 0 saturated heterocycles. The van der Waals surface area contributed by atoms with Crippen molar-refractivity contribution in [2.75, 3.05) is 4.90 Å². The number of aliphatic imine (C=N–C) groups is 1. The molecule has 0 amide bonds. The molecule has 0 saturated carbocycles. The molecule has 3 aliphatic carbocycles. The standard InChI is InChI=1S/C53H42N4/c1-53(2)45-20-10-6-16-38(45)39-27-24-36(32-46(39)53)52(54)42-19-7-11-21-47(42)55-33-56-48-22-12-8-17-40(48)43-30-34(25-28-49(43)56)35-26-29-51-44(31-35)41-18-9-13-23-50(41)57(51)37-14-4-3-5-15-37/h3-7,9-16,18-22,24-33,50,54H,8,17,23H2,1-2H3/b54-52?,55-33+. The molecule has 1 aromatic heterocycles. The Morgan fingerprint density at radius 1 is 0.754 bits per heavy atom. The highest BCUT2D eigenvalue weighted by molar-refractivity contribution is 6.14. The zero-order valence-corrected chi connectivity index (χ0v) is 32.2. The Morgan fingerprint density at radius 2 is 1.54 bits per heavy atom. The number of allylic oxidation sites excluding steroid dienone is 3. The summed E-state index contributed by atoms with van der Waals surface area (Å²) >= 11 is 0. The van der Waals surface area contributed by atoms with Gasteiger partial charge in [0.2, 0.25) is 0 Å². The van der Waals surface area contributed by atoms with Crippen LogP contribution in [0, 0.1) is 5.41 Å². The van der Waals surface area contributed by atoms with Gasteiger partial charge in [0.15, 0.2) is 0 Å². The van der Waals surface area contributed by atoms with Gasteiger partial charge in [-0.1, -0.05) is 123 Å². The van der Waals surface area contributed by atoms with Crippen molar-refractivity contribution < 1.29 is 0 Å². The number of anilines is 2. The summed E-state index contributed by atoms with van der Waals surface area (Å²) in [5.41, 5.74) is 19.4. The predicted molar refractivity (Wildman–Crippen MR) is 239 cm³/mol. The zero-order valence-electron chi connectivity index (χ0n) is 32.2. The third-order valence-corrected chi connectivity index (χ3v) is 12.7. The van der Waals surface area contributed by atoms with Crippen molar-refractivity contribution in [3.05, 3.63) is 197 Å². The van der Waals surface area contributed by atoms with Crippen molar-refractivity contribution in [2.45, 2.75) is 44.6 Å². The summed E-state index contributed by atoms with van der Waals surface area (Å²) in [6.45, 7) is 4.57. The molecule has 4 aliphatic rings. The first-order valence-electron chi connectivity index (χ1n) is 20.1. The van der Waals surface area contributed by atoms with Gasteiger partial charge in [-0.15, -0.1) is 0 Å². The van der Waals surface area contributed by atoms with Crippen molar-refractivity contribution >= 4 is 51.7 Å². The van der Waals surface area contributed by atoms with E-state index in [0.717, 1.165) is 41.6 Å². The third-order valence-electron chi connectivity index (χ3n) is 12.7. The lowest BCUT2D eigenvalue weighted by Crippen LogP contribution is -2.26. The summed E-state index contributed by atoms with van der Waals surface area (Å²) in [6, 6.07) is 48.3. The molecule has 0 bridgehead atoms. The molecule has 7 aromatic rings. The first-order valence-corrected chi connectivity index (χ1v) is 20.1. The number of hydrogen-bond acceptors (Lipinski definition) is 3. The number of benzene rings is 6. The van der Waals surface area contributed by atoms with Crippen molar-refractivity contribution in [2.24, 2.45) is 4.99 Å². The van der Waals surface area contributed by atoms with Crippen molar-refractivity contribution in [1.82, 2.24) is 4.57 Å². The highest BCUT2D eigenvalue weighted by Gasteiger charge is 2.36. The monoisotopic (exact) mass is 734 g/mol. The fourth-order valence-electron chi connectivity index (χ4n) is 9.87. The topological polar surface area (TPSA) is 44.4 Å². The van der Waals surface area contributed by atoms with Gasteiger partial charge in [-0.05, 0) is 118 Å². The average Bonchev–Trinajstić information content (AvgIpc) is 3.85. The van der Waals surface area contributed by atoms with Crippen molar-refractivity contribution in [3.63, 3.8) is 0 Å². The molecule has 274 valence electrons. The number of fused-ring (bicyclic) bond motifs is 9. The summed E-state index contributed by atoms with van der Waals surface area (Å²) in [4.78, 5) is 7.63. The number of rotatable bonds is 6. The van der Waals surface area contributed by atoms with E-state index in [9.17, 15) is 5.41 Å². The lowest BCUT2D eigenvalue weighted by Gasteiger charge is -2.28. The van der Waals surface area contributed by atoms with Crippen molar-refractivity contribution in [1.29, 1.82) is 5.41 Å². The second kappa shape index (κ2) is 12.9. The van der Waals surface area contributed by atoms with E-state index in [4.69, 9.17) is 4.99 Å². The molecular weight excluding hydrogens is 693 g/mol. The Balaban J connectivity index is 0.947. The van der Waals surface area contributed by atoms with E-state index >= 15 is 0 Å². The van der Waals surface area contributed by atoms with Crippen LogP contribution in [0.4, 0.5) is 17.1 Å². The van der Waals surface area contributed by atoms with Crippen molar-refractivity contribution in [3.8, 4) is 22.3 Å². The van der Waals surface area contributed by atoms with E-state index < -0.39 is 0 Å². The predicted octanol–water partition coefficient (Wildman–Crippen LogP) is 13.1. The minimum atomic E-state index is -0.125. The second-order valence-corrected chi connectivity index (χ2v) is 16.2. The Labute approximate surface area is 334 Å². The van der Waals surface area contributed by atoms with Gasteiger partial charge in [-0.25, -0.2) is 4.99 Å². The number of aryl methyl sites for hydroxylation is 1. The van der Waals surface area contributed by atoms with Gasteiger partial charge in [-0.2, -0.15) is 0 Å². The molecule has 0 radical (unpaired) electrons. The summed E-state index contributed by atoms with van der Waals surface area (Å²) in [5.74, 6) is 0. The van der Waals surface area contributed by atoms with E-state index in [0.29, 0.717) is 11.8 Å². The molecular formula is C53H42N4. The summed E-state index contributed by atoms with van der Waals surface area (Å²) < 4.78 is 2.24. The minimum Gasteiger partial charge on any atom is -0.333 e. The molecule has 1 atom stereocenters. The van der Waals surface area contributed by atoms with Gasteiger partial charge in [0.25, 0.3) is 0 Å². The molecule has 4 heteroatoms. The van der Waals surface area contributed by atoms with Gasteiger partial charge in [0.1, 0.15) is 6.34 Å². The third kappa shape index (κ3) is 5.20. The van der Waals surface area contributed by atoms with E-state index in [1.807, 2.05) is 30.6 Å². The average molecular weight is 735 g/mol. The van der Waals surface area contributed by atoms with Crippen LogP contribution < -0.4 is 4.90 Å². The molecule has 2 heterocycles. The van der Waals surface area contributed by atoms with Crippen LogP contribution in [0.25, 0.3) is 44.8 Å². The van der Waals surface area contributed by atoms with Gasteiger partial charge in [0, 0.05) is 38.9 Å². The fraction of sp³-hybridized carbons (Fsp3) is 0.132. The maximum atomic E-state index is 9.46. The summed E-state index contributed by atoms with van der Waals surface area (Å²) in [5, 5.41) is 10.7. The van der Waals surface area contributed by atoms with Crippen LogP contribution in [0.3, 0.4) is 0 Å². The van der Waals surface area contributed by atoms with E-state index in [2.05, 4.69) is 163 Å². The molecule has 0 fully saturated rings. The van der Waals surface area contributed by atoms with Gasteiger partial charge in [-0.3, -0.25) is 5.41 Å². The van der Waals surface area contributed by atoms with E-state index in [1.165, 1.54) is 72.5 Å². The van der Waals surface area contributed by atoms with Crippen LogP contribution in [0.5, 0.6) is 0 Å². The maximum Gasteiger partial charge on any atom is 0.100 e. The number of para-hydroxylation sites is 2. The number of nitrogens with one attached hydrogen (secondary N) is 1. The largest absolute Gasteiger partial charge is 0.333 e. The van der Waals surface area contributed by atoms with E-state index in [1.54, 1.807) is 0 Å². The fourth-order valence-corrected chi connectivity index (χ4v) is 9.87. The Bertz CT molecular complexity index is 2930.